The Labute approximate surface area is 122 Å². The standard InChI is InChI=1S/C6H8O7.Au.Na/c7-3(8)1-6(13,5(11)12)2-4(9)10;;/h13H,1-2H2,(H,7,8)(H,9,10)(H,11,12);;. The van der Waals surface area contributed by atoms with Gasteiger partial charge in [0.25, 0.3) is 0 Å². The van der Waals surface area contributed by atoms with Crippen LogP contribution in [0.4, 0.5) is 0 Å². The summed E-state index contributed by atoms with van der Waals surface area (Å²) in [7, 11) is 0. The van der Waals surface area contributed by atoms with Crippen LogP contribution in [0.3, 0.4) is 0 Å². The number of aliphatic carboxylic acids is 3. The van der Waals surface area contributed by atoms with Gasteiger partial charge in [0.15, 0.2) is 5.60 Å². The molecule has 0 fully saturated rings. The van der Waals surface area contributed by atoms with Crippen molar-refractivity contribution >= 4 is 47.5 Å². The Hall–Kier alpha value is 0.110. The van der Waals surface area contributed by atoms with E-state index in [-0.39, 0.29) is 51.9 Å². The summed E-state index contributed by atoms with van der Waals surface area (Å²) in [5.41, 5.74) is -2.74. The molecule has 0 saturated heterocycles. The molecule has 0 saturated carbocycles. The quantitative estimate of drug-likeness (QED) is 0.399. The van der Waals surface area contributed by atoms with E-state index in [1.165, 1.54) is 0 Å². The zero-order valence-electron chi connectivity index (χ0n) is 7.73. The van der Waals surface area contributed by atoms with E-state index in [2.05, 4.69) is 0 Å². The number of rotatable bonds is 5. The molecule has 4 N–H and O–H groups in total. The van der Waals surface area contributed by atoms with Gasteiger partial charge in [-0.15, -0.1) is 0 Å². The van der Waals surface area contributed by atoms with Crippen LogP contribution in [-0.4, -0.2) is 73.5 Å². The molecule has 0 spiro atoms. The van der Waals surface area contributed by atoms with Crippen molar-refractivity contribution < 1.29 is 57.2 Å². The largest absolute Gasteiger partial charge is 0.481 e. The molecule has 0 aromatic rings. The van der Waals surface area contributed by atoms with Crippen molar-refractivity contribution in [2.45, 2.75) is 18.4 Å². The van der Waals surface area contributed by atoms with Crippen LogP contribution < -0.4 is 0 Å². The molecule has 0 aliphatic rings. The third-order valence-corrected chi connectivity index (χ3v) is 1.29. The van der Waals surface area contributed by atoms with E-state index in [0.29, 0.717) is 0 Å². The molecule has 0 amide bonds. The van der Waals surface area contributed by atoms with E-state index in [1.807, 2.05) is 0 Å². The van der Waals surface area contributed by atoms with E-state index >= 15 is 0 Å². The van der Waals surface area contributed by atoms with Gasteiger partial charge in [0, 0.05) is 51.9 Å². The second-order valence-electron chi connectivity index (χ2n) is 2.48. The maximum Gasteiger partial charge on any atom is 0.336 e. The van der Waals surface area contributed by atoms with Crippen molar-refractivity contribution in [2.24, 2.45) is 0 Å². The fraction of sp³-hybridized carbons (Fsp3) is 0.500. The summed E-state index contributed by atoms with van der Waals surface area (Å²) < 4.78 is 0. The Bertz CT molecular complexity index is 238. The summed E-state index contributed by atoms with van der Waals surface area (Å²) in [6, 6.07) is 0. The van der Waals surface area contributed by atoms with Gasteiger partial charge in [-0.1, -0.05) is 0 Å². The van der Waals surface area contributed by atoms with Crippen LogP contribution in [0.1, 0.15) is 12.8 Å². The summed E-state index contributed by atoms with van der Waals surface area (Å²) in [5, 5.41) is 33.8. The predicted molar refractivity (Wildman–Crippen MR) is 42.8 cm³/mol. The number of hydrogen-bond acceptors (Lipinski definition) is 4. The van der Waals surface area contributed by atoms with Crippen LogP contribution in [0.5, 0.6) is 0 Å². The van der Waals surface area contributed by atoms with Crippen LogP contribution in [-0.2, 0) is 36.8 Å². The molecule has 86 valence electrons. The molecule has 7 nitrogen and oxygen atoms in total. The van der Waals surface area contributed by atoms with E-state index in [1.54, 1.807) is 0 Å². The molecule has 0 bridgehead atoms. The first-order valence-electron chi connectivity index (χ1n) is 3.17. The van der Waals surface area contributed by atoms with Gasteiger partial charge in [-0.25, -0.2) is 4.79 Å². The van der Waals surface area contributed by atoms with Gasteiger partial charge in [0.05, 0.1) is 12.8 Å². The van der Waals surface area contributed by atoms with Crippen molar-refractivity contribution in [1.82, 2.24) is 0 Å². The number of carboxylic acid groups (broad SMARTS) is 3. The smallest absolute Gasteiger partial charge is 0.336 e. The maximum atomic E-state index is 10.3. The number of hydrogen-bond donors (Lipinski definition) is 4. The van der Waals surface area contributed by atoms with E-state index in [0.717, 1.165) is 0 Å². The summed E-state index contributed by atoms with van der Waals surface area (Å²) in [5.74, 6) is -5.02. The van der Waals surface area contributed by atoms with Gasteiger partial charge >= 0.3 is 17.9 Å². The van der Waals surface area contributed by atoms with Crippen molar-refractivity contribution in [3.05, 3.63) is 0 Å². The first-order chi connectivity index (χ1) is 5.78. The fourth-order valence-electron chi connectivity index (χ4n) is 0.714. The molecular weight excluding hydrogens is 404 g/mol. The molecule has 9 heteroatoms. The molecular formula is C6H8AuNaO7. The Balaban J connectivity index is -0.000000720. The fourth-order valence-corrected chi connectivity index (χ4v) is 0.714. The summed E-state index contributed by atoms with van der Waals surface area (Å²) in [4.78, 5) is 30.5. The first kappa shape index (κ1) is 20.5. The predicted octanol–water partition coefficient (Wildman–Crippen LogP) is -1.63. The third-order valence-electron chi connectivity index (χ3n) is 1.29. The zero-order chi connectivity index (χ0) is 10.6. The summed E-state index contributed by atoms with van der Waals surface area (Å²) in [6.07, 6.45) is -2.29. The second-order valence-corrected chi connectivity index (χ2v) is 2.48. The average molecular weight is 412 g/mol. The van der Waals surface area contributed by atoms with Gasteiger partial charge in [-0.2, -0.15) is 0 Å². The second kappa shape index (κ2) is 8.28. The van der Waals surface area contributed by atoms with Crippen LogP contribution in [0.2, 0.25) is 0 Å². The molecule has 15 heavy (non-hydrogen) atoms. The van der Waals surface area contributed by atoms with Crippen LogP contribution >= 0.6 is 0 Å². The number of carboxylic acids is 3. The average Bonchev–Trinajstić information content (AvgIpc) is 1.82. The maximum absolute atomic E-state index is 10.3. The van der Waals surface area contributed by atoms with Crippen molar-refractivity contribution in [3.63, 3.8) is 0 Å². The molecule has 0 rings (SSSR count). The van der Waals surface area contributed by atoms with Crippen molar-refractivity contribution in [3.8, 4) is 0 Å². The SMILES string of the molecule is O=C(O)CC(O)(CC(=O)O)C(=O)O.[Au].[Na]. The molecule has 0 aliphatic heterocycles. The minimum absolute atomic E-state index is 0. The first-order valence-corrected chi connectivity index (χ1v) is 3.17. The van der Waals surface area contributed by atoms with Crippen molar-refractivity contribution in [1.29, 1.82) is 0 Å². The molecule has 2 radical (unpaired) electrons. The molecule has 0 heterocycles. The van der Waals surface area contributed by atoms with Crippen molar-refractivity contribution in [2.75, 3.05) is 0 Å². The third kappa shape index (κ3) is 7.97. The van der Waals surface area contributed by atoms with Gasteiger partial charge in [0.2, 0.25) is 0 Å². The Morgan fingerprint density at radius 2 is 1.20 bits per heavy atom. The van der Waals surface area contributed by atoms with E-state index in [4.69, 9.17) is 20.4 Å². The Kier molecular flexibility index (Phi) is 11.3. The summed E-state index contributed by atoms with van der Waals surface area (Å²) >= 11 is 0. The van der Waals surface area contributed by atoms with E-state index < -0.39 is 36.4 Å². The molecule has 0 aliphatic carbocycles. The Morgan fingerprint density at radius 3 is 1.33 bits per heavy atom. The molecule has 0 unspecified atom stereocenters. The minimum Gasteiger partial charge on any atom is -0.481 e. The van der Waals surface area contributed by atoms with Gasteiger partial charge in [-0.3, -0.25) is 9.59 Å². The topological polar surface area (TPSA) is 132 Å². The molecule has 0 atom stereocenters. The van der Waals surface area contributed by atoms with Crippen LogP contribution in [0.15, 0.2) is 0 Å². The monoisotopic (exact) mass is 412 g/mol. The minimum atomic E-state index is -2.74. The van der Waals surface area contributed by atoms with Gasteiger partial charge < -0.3 is 20.4 Å². The van der Waals surface area contributed by atoms with Gasteiger partial charge in [-0.05, 0) is 0 Å². The zero-order valence-corrected chi connectivity index (χ0v) is 11.9. The van der Waals surface area contributed by atoms with Gasteiger partial charge in [0.1, 0.15) is 0 Å². The number of carbonyl (C=O) groups is 3. The van der Waals surface area contributed by atoms with E-state index in [9.17, 15) is 14.4 Å². The molecule has 0 aromatic carbocycles. The number of aliphatic hydroxyl groups is 1. The van der Waals surface area contributed by atoms with Crippen LogP contribution in [0.25, 0.3) is 0 Å². The molecule has 0 aromatic heterocycles. The normalized spacial score (nSPS) is 9.40. The Morgan fingerprint density at radius 1 is 0.933 bits per heavy atom. The van der Waals surface area contributed by atoms with Crippen LogP contribution in [0, 0.1) is 0 Å². The summed E-state index contributed by atoms with van der Waals surface area (Å²) in [6.45, 7) is 0.